The summed E-state index contributed by atoms with van der Waals surface area (Å²) in [5.74, 6) is -0.161. The molecule has 3 aromatic rings. The molecule has 4 rings (SSSR count). The number of nitrogens with one attached hydrogen (secondary N) is 2. The fraction of sp³-hybridized carbons (Fsp3) is 0.273. The van der Waals surface area contributed by atoms with Crippen LogP contribution in [0.2, 0.25) is 0 Å². The predicted octanol–water partition coefficient (Wildman–Crippen LogP) is 4.27. The molecule has 0 spiro atoms. The van der Waals surface area contributed by atoms with Crippen LogP contribution in [0.25, 0.3) is 0 Å². The molecule has 9 nitrogen and oxygen atoms in total. The fourth-order valence-electron chi connectivity index (χ4n) is 3.57. The van der Waals surface area contributed by atoms with E-state index in [1.807, 2.05) is 24.3 Å². The van der Waals surface area contributed by atoms with Crippen molar-refractivity contribution in [1.29, 1.82) is 0 Å². The van der Waals surface area contributed by atoms with Gasteiger partial charge >= 0.3 is 27.9 Å². The van der Waals surface area contributed by atoms with E-state index in [1.54, 1.807) is 18.2 Å². The number of hydrogen-bond donors (Lipinski definition) is 2. The Morgan fingerprint density at radius 1 is 1.06 bits per heavy atom. The van der Waals surface area contributed by atoms with Crippen LogP contribution in [0.3, 0.4) is 0 Å². The van der Waals surface area contributed by atoms with Gasteiger partial charge in [0.15, 0.2) is 5.75 Å². The van der Waals surface area contributed by atoms with Gasteiger partial charge in [-0.05, 0) is 67.9 Å². The molecule has 2 aromatic carbocycles. The number of hydrogen-bond acceptors (Lipinski definition) is 8. The van der Waals surface area contributed by atoms with Gasteiger partial charge < -0.3 is 19.2 Å². The first-order valence-corrected chi connectivity index (χ1v) is 12.0. The van der Waals surface area contributed by atoms with Gasteiger partial charge in [0.2, 0.25) is 0 Å². The lowest BCUT2D eigenvalue weighted by Gasteiger charge is -2.21. The maximum atomic E-state index is 12.5. The van der Waals surface area contributed by atoms with Crippen LogP contribution in [0, 0.1) is 6.42 Å². The van der Waals surface area contributed by atoms with Gasteiger partial charge in [-0.15, -0.1) is 5.10 Å². The molecule has 32 heavy (non-hydrogen) atoms. The van der Waals surface area contributed by atoms with E-state index >= 15 is 0 Å². The van der Waals surface area contributed by atoms with Crippen LogP contribution in [0.1, 0.15) is 47.8 Å². The lowest BCUT2D eigenvalue weighted by Crippen LogP contribution is -2.12. The number of anilines is 3. The molecule has 10 heteroatoms. The van der Waals surface area contributed by atoms with E-state index in [4.69, 9.17) is 8.60 Å². The molecule has 1 radical (unpaired) electrons. The Morgan fingerprint density at radius 2 is 1.78 bits per heavy atom. The molecule has 167 valence electrons. The van der Waals surface area contributed by atoms with Crippen LogP contribution in [0.15, 0.2) is 52.9 Å². The second kappa shape index (κ2) is 9.39. The second-order valence-corrected chi connectivity index (χ2v) is 9.11. The monoisotopic (exact) mass is 455 g/mol. The Bertz CT molecular complexity index is 1190. The van der Waals surface area contributed by atoms with Crippen molar-refractivity contribution >= 4 is 33.4 Å². The second-order valence-electron chi connectivity index (χ2n) is 7.54. The van der Waals surface area contributed by atoms with Crippen molar-refractivity contribution in [3.05, 3.63) is 66.4 Å². The predicted molar refractivity (Wildman–Crippen MR) is 119 cm³/mol. The molecule has 1 heterocycles. The molecule has 0 atom stereocenters. The lowest BCUT2D eigenvalue weighted by atomic mass is 9.84. The maximum absolute atomic E-state index is 12.5. The first-order valence-electron chi connectivity index (χ1n) is 10.2. The first kappa shape index (κ1) is 21.8. The highest BCUT2D eigenvalue weighted by molar-refractivity contribution is 7.86. The zero-order valence-corrected chi connectivity index (χ0v) is 18.3. The van der Waals surface area contributed by atoms with Crippen molar-refractivity contribution in [2.24, 2.45) is 0 Å². The largest absolute Gasteiger partial charge is 0.399 e. The first-order chi connectivity index (χ1) is 15.4. The maximum Gasteiger partial charge on any atom is 0.320 e. The summed E-state index contributed by atoms with van der Waals surface area (Å²) in [6.45, 7) is 0. The number of nitrogens with zero attached hydrogens (tertiary/aromatic N) is 2. The zero-order valence-electron chi connectivity index (χ0n) is 17.4. The molecule has 1 aliphatic carbocycles. The van der Waals surface area contributed by atoms with E-state index in [0.717, 1.165) is 31.9 Å². The van der Waals surface area contributed by atoms with E-state index in [2.05, 4.69) is 27.3 Å². The summed E-state index contributed by atoms with van der Waals surface area (Å²) >= 11 is 0. The zero-order chi connectivity index (χ0) is 22.6. The third kappa shape index (κ3) is 5.64. The molecule has 0 bridgehead atoms. The molecule has 1 aromatic heterocycles. The van der Waals surface area contributed by atoms with Gasteiger partial charge in [-0.3, -0.25) is 4.79 Å². The Labute approximate surface area is 186 Å². The summed E-state index contributed by atoms with van der Waals surface area (Å²) in [5, 5.41) is 13.0. The van der Waals surface area contributed by atoms with Gasteiger partial charge in [-0.25, -0.2) is 0 Å². The summed E-state index contributed by atoms with van der Waals surface area (Å²) in [4.78, 5) is 12.5. The minimum absolute atomic E-state index is 0.0650. The minimum atomic E-state index is -3.72. The van der Waals surface area contributed by atoms with Gasteiger partial charge in [0, 0.05) is 5.69 Å². The molecule has 0 unspecified atom stereocenters. The molecule has 0 saturated heterocycles. The van der Waals surface area contributed by atoms with Crippen LogP contribution in [0.5, 0.6) is 5.75 Å². The van der Waals surface area contributed by atoms with Gasteiger partial charge in [0.1, 0.15) is 0 Å². The topological polar surface area (TPSA) is 123 Å². The normalized spacial score (nSPS) is 14.7. The van der Waals surface area contributed by atoms with Gasteiger partial charge in [0.25, 0.3) is 0 Å². The van der Waals surface area contributed by atoms with Gasteiger partial charge in [-0.1, -0.05) is 29.4 Å². The average molecular weight is 456 g/mol. The fourth-order valence-corrected chi connectivity index (χ4v) is 4.04. The SMILES string of the molecule is CS(=O)(=O)Oc1ccccc1Nc1nnc(C(=O)Nc2ccc(C3CC[CH]CC3)cc2)o1. The Morgan fingerprint density at radius 3 is 2.50 bits per heavy atom. The van der Waals surface area contributed by atoms with E-state index in [-0.39, 0.29) is 17.7 Å². The highest BCUT2D eigenvalue weighted by Gasteiger charge is 2.18. The molecular formula is C22H23N4O5S. The Balaban J connectivity index is 1.40. The molecular weight excluding hydrogens is 432 g/mol. The lowest BCUT2D eigenvalue weighted by molar-refractivity contribution is 0.0991. The molecule has 1 aliphatic rings. The molecule has 2 N–H and O–H groups in total. The third-order valence-corrected chi connectivity index (χ3v) is 5.55. The van der Waals surface area contributed by atoms with Crippen molar-refractivity contribution in [2.45, 2.75) is 31.6 Å². The van der Waals surface area contributed by atoms with Gasteiger partial charge in [-0.2, -0.15) is 8.42 Å². The van der Waals surface area contributed by atoms with E-state index < -0.39 is 16.0 Å². The van der Waals surface area contributed by atoms with Crippen molar-refractivity contribution in [2.75, 3.05) is 16.9 Å². The van der Waals surface area contributed by atoms with E-state index in [9.17, 15) is 13.2 Å². The highest BCUT2D eigenvalue weighted by atomic mass is 32.2. The van der Waals surface area contributed by atoms with Crippen LogP contribution in [0.4, 0.5) is 17.4 Å². The van der Waals surface area contributed by atoms with Crippen molar-refractivity contribution in [3.8, 4) is 5.75 Å². The number of carbonyl (C=O) groups is 1. The van der Waals surface area contributed by atoms with Crippen LogP contribution < -0.4 is 14.8 Å². The molecule has 0 aliphatic heterocycles. The molecule has 1 fully saturated rings. The number of benzene rings is 2. The summed E-state index contributed by atoms with van der Waals surface area (Å²) in [5.41, 5.74) is 2.19. The van der Waals surface area contributed by atoms with Crippen LogP contribution >= 0.6 is 0 Å². The highest BCUT2D eigenvalue weighted by Crippen LogP contribution is 2.32. The quantitative estimate of drug-likeness (QED) is 0.506. The minimum Gasteiger partial charge on any atom is -0.399 e. The standard InChI is InChI=1S/C22H23N4O5S/c1-32(28,29)31-19-10-6-5-9-18(19)24-22-26-25-21(30-22)20(27)23-17-13-11-16(12-14-17)15-7-3-2-4-8-15/h2,5-6,9-15H,3-4,7-8H2,1H3,(H,23,27)(H,24,26). The number of para-hydroxylation sites is 2. The van der Waals surface area contributed by atoms with Crippen LogP contribution in [-0.4, -0.2) is 30.8 Å². The number of aromatic nitrogens is 2. The van der Waals surface area contributed by atoms with Crippen LogP contribution in [-0.2, 0) is 10.1 Å². The average Bonchev–Trinajstić information content (AvgIpc) is 3.24. The van der Waals surface area contributed by atoms with E-state index in [1.165, 1.54) is 11.6 Å². The molecule has 1 saturated carbocycles. The summed E-state index contributed by atoms with van der Waals surface area (Å²) in [7, 11) is -3.72. The summed E-state index contributed by atoms with van der Waals surface area (Å²) in [6, 6.07) is 14.1. The summed E-state index contributed by atoms with van der Waals surface area (Å²) < 4.78 is 33.2. The summed E-state index contributed by atoms with van der Waals surface area (Å²) in [6.07, 6.45) is 7.86. The Kier molecular flexibility index (Phi) is 6.40. The number of carbonyl (C=O) groups excluding carboxylic acids is 1. The van der Waals surface area contributed by atoms with Crippen molar-refractivity contribution in [3.63, 3.8) is 0 Å². The number of amides is 1. The van der Waals surface area contributed by atoms with E-state index in [0.29, 0.717) is 17.3 Å². The smallest absolute Gasteiger partial charge is 0.320 e. The van der Waals surface area contributed by atoms with Crippen molar-refractivity contribution < 1.29 is 21.8 Å². The third-order valence-electron chi connectivity index (χ3n) is 5.07. The van der Waals surface area contributed by atoms with Crippen molar-refractivity contribution in [1.82, 2.24) is 10.2 Å². The molecule has 1 amide bonds. The Hall–Kier alpha value is -3.40. The van der Waals surface area contributed by atoms with Gasteiger partial charge in [0.05, 0.1) is 11.9 Å². The number of rotatable bonds is 7.